The van der Waals surface area contributed by atoms with Gasteiger partial charge in [-0.2, -0.15) is 0 Å². The summed E-state index contributed by atoms with van der Waals surface area (Å²) in [7, 11) is 0. The standard InChI is InChI=1S/C20H22N2O3/c23-18(22-13-3-4-15(14-22)8-11-19(24)25)10-9-17-6-1-5-16-7-2-12-21-20(16)17/h1-2,5-7,9-10,12,15H,3-4,8,11,13-14H2,(H,24,25). The Morgan fingerprint density at radius 1 is 1.28 bits per heavy atom. The fraction of sp³-hybridized carbons (Fsp3) is 0.350. The molecule has 25 heavy (non-hydrogen) atoms. The van der Waals surface area contributed by atoms with E-state index in [1.54, 1.807) is 12.3 Å². The van der Waals surface area contributed by atoms with Crippen LogP contribution in [0.25, 0.3) is 17.0 Å². The van der Waals surface area contributed by atoms with Crippen molar-refractivity contribution in [2.75, 3.05) is 13.1 Å². The molecule has 0 aliphatic carbocycles. The van der Waals surface area contributed by atoms with Crippen molar-refractivity contribution in [2.45, 2.75) is 25.7 Å². The fourth-order valence-corrected chi connectivity index (χ4v) is 3.36. The highest BCUT2D eigenvalue weighted by Crippen LogP contribution is 2.22. The van der Waals surface area contributed by atoms with Crippen molar-refractivity contribution in [3.8, 4) is 0 Å². The molecular weight excluding hydrogens is 316 g/mol. The highest BCUT2D eigenvalue weighted by molar-refractivity contribution is 5.95. The number of likely N-dealkylation sites (tertiary alicyclic amines) is 1. The summed E-state index contributed by atoms with van der Waals surface area (Å²) in [6.07, 6.45) is 7.90. The van der Waals surface area contributed by atoms with Gasteiger partial charge in [0.1, 0.15) is 0 Å². The maximum atomic E-state index is 12.5. The van der Waals surface area contributed by atoms with Gasteiger partial charge < -0.3 is 10.0 Å². The van der Waals surface area contributed by atoms with E-state index in [2.05, 4.69) is 4.98 Å². The number of para-hydroxylation sites is 1. The van der Waals surface area contributed by atoms with Crippen molar-refractivity contribution in [3.63, 3.8) is 0 Å². The van der Waals surface area contributed by atoms with Gasteiger partial charge in [0.2, 0.25) is 5.91 Å². The summed E-state index contributed by atoms with van der Waals surface area (Å²) >= 11 is 0. The van der Waals surface area contributed by atoms with E-state index in [0.717, 1.165) is 35.9 Å². The van der Waals surface area contributed by atoms with Crippen molar-refractivity contribution >= 4 is 28.9 Å². The lowest BCUT2D eigenvalue weighted by atomic mass is 9.93. The molecule has 2 heterocycles. The van der Waals surface area contributed by atoms with Gasteiger partial charge in [0.25, 0.3) is 0 Å². The highest BCUT2D eigenvalue weighted by Gasteiger charge is 2.22. The van der Waals surface area contributed by atoms with Crippen LogP contribution >= 0.6 is 0 Å². The number of carbonyl (C=O) groups is 2. The molecule has 130 valence electrons. The van der Waals surface area contributed by atoms with Crippen LogP contribution in [0.3, 0.4) is 0 Å². The number of aliphatic carboxylic acids is 1. The number of aromatic nitrogens is 1. The van der Waals surface area contributed by atoms with E-state index in [4.69, 9.17) is 5.11 Å². The van der Waals surface area contributed by atoms with Crippen LogP contribution in [0.5, 0.6) is 0 Å². The Labute approximate surface area is 147 Å². The SMILES string of the molecule is O=C(O)CCC1CCCN(C(=O)C=Cc2cccc3cccnc23)C1. The molecule has 1 aromatic carbocycles. The summed E-state index contributed by atoms with van der Waals surface area (Å²) in [4.78, 5) is 29.4. The molecule has 0 bridgehead atoms. The molecular formula is C20H22N2O3. The zero-order chi connectivity index (χ0) is 17.6. The second kappa shape index (κ2) is 7.92. The van der Waals surface area contributed by atoms with Gasteiger partial charge >= 0.3 is 5.97 Å². The normalized spacial score (nSPS) is 17.9. The summed E-state index contributed by atoms with van der Waals surface area (Å²) in [5.41, 5.74) is 1.80. The van der Waals surface area contributed by atoms with Gasteiger partial charge in [-0.1, -0.05) is 24.3 Å². The molecule has 1 aromatic heterocycles. The Hall–Kier alpha value is -2.69. The predicted octanol–water partition coefficient (Wildman–Crippen LogP) is 3.35. The maximum Gasteiger partial charge on any atom is 0.303 e. The molecule has 5 heteroatoms. The molecule has 0 saturated carbocycles. The number of hydrogen-bond acceptors (Lipinski definition) is 3. The van der Waals surface area contributed by atoms with Gasteiger partial charge in [0.15, 0.2) is 0 Å². The molecule has 1 N–H and O–H groups in total. The second-order valence-electron chi connectivity index (χ2n) is 6.48. The molecule has 1 saturated heterocycles. The maximum absolute atomic E-state index is 12.5. The molecule has 2 aromatic rings. The molecule has 3 rings (SSSR count). The number of rotatable bonds is 5. The van der Waals surface area contributed by atoms with E-state index < -0.39 is 5.97 Å². The number of fused-ring (bicyclic) bond motifs is 1. The monoisotopic (exact) mass is 338 g/mol. The van der Waals surface area contributed by atoms with Crippen LogP contribution in [-0.2, 0) is 9.59 Å². The first-order valence-corrected chi connectivity index (χ1v) is 8.66. The predicted molar refractivity (Wildman–Crippen MR) is 97.0 cm³/mol. The van der Waals surface area contributed by atoms with Crippen LogP contribution in [0.2, 0.25) is 0 Å². The highest BCUT2D eigenvalue weighted by atomic mass is 16.4. The van der Waals surface area contributed by atoms with Crippen LogP contribution in [0.1, 0.15) is 31.2 Å². The number of benzene rings is 1. The molecule has 0 radical (unpaired) electrons. The molecule has 1 aliphatic heterocycles. The zero-order valence-electron chi connectivity index (χ0n) is 14.1. The first kappa shape index (κ1) is 17.1. The number of amides is 1. The third kappa shape index (κ3) is 4.44. The molecule has 0 spiro atoms. The molecule has 1 unspecified atom stereocenters. The smallest absolute Gasteiger partial charge is 0.303 e. The van der Waals surface area contributed by atoms with Crippen LogP contribution in [-0.4, -0.2) is 40.0 Å². The van der Waals surface area contributed by atoms with Crippen molar-refractivity contribution in [3.05, 3.63) is 48.2 Å². The third-order valence-electron chi connectivity index (χ3n) is 4.67. The lowest BCUT2D eigenvalue weighted by Gasteiger charge is -2.32. The number of pyridine rings is 1. The Kier molecular flexibility index (Phi) is 5.43. The van der Waals surface area contributed by atoms with E-state index in [1.807, 2.05) is 41.3 Å². The van der Waals surface area contributed by atoms with Crippen molar-refractivity contribution in [1.29, 1.82) is 0 Å². The largest absolute Gasteiger partial charge is 0.481 e. The number of carboxylic acids is 1. The van der Waals surface area contributed by atoms with E-state index in [1.165, 1.54) is 0 Å². The summed E-state index contributed by atoms with van der Waals surface area (Å²) in [6.45, 7) is 1.38. The summed E-state index contributed by atoms with van der Waals surface area (Å²) < 4.78 is 0. The van der Waals surface area contributed by atoms with Gasteiger partial charge in [-0.15, -0.1) is 0 Å². The first-order valence-electron chi connectivity index (χ1n) is 8.66. The third-order valence-corrected chi connectivity index (χ3v) is 4.67. The minimum atomic E-state index is -0.771. The molecule has 5 nitrogen and oxygen atoms in total. The number of hydrogen-bond donors (Lipinski definition) is 1. The van der Waals surface area contributed by atoms with E-state index in [9.17, 15) is 9.59 Å². The van der Waals surface area contributed by atoms with Crippen LogP contribution in [0.4, 0.5) is 0 Å². The van der Waals surface area contributed by atoms with Crippen LogP contribution in [0, 0.1) is 5.92 Å². The lowest BCUT2D eigenvalue weighted by Crippen LogP contribution is -2.39. The quantitative estimate of drug-likeness (QED) is 0.849. The molecule has 1 atom stereocenters. The Morgan fingerprint density at radius 3 is 2.96 bits per heavy atom. The van der Waals surface area contributed by atoms with E-state index in [0.29, 0.717) is 13.0 Å². The van der Waals surface area contributed by atoms with E-state index in [-0.39, 0.29) is 18.2 Å². The number of piperidine rings is 1. The van der Waals surface area contributed by atoms with E-state index >= 15 is 0 Å². The second-order valence-corrected chi connectivity index (χ2v) is 6.48. The Bertz CT molecular complexity index is 795. The molecule has 1 aliphatic rings. The van der Waals surface area contributed by atoms with Gasteiger partial charge in [0, 0.05) is 42.7 Å². The Morgan fingerprint density at radius 2 is 2.12 bits per heavy atom. The van der Waals surface area contributed by atoms with Gasteiger partial charge in [-0.25, -0.2) is 0 Å². The molecule has 1 amide bonds. The van der Waals surface area contributed by atoms with Crippen molar-refractivity contribution < 1.29 is 14.7 Å². The van der Waals surface area contributed by atoms with Crippen molar-refractivity contribution in [1.82, 2.24) is 9.88 Å². The summed E-state index contributed by atoms with van der Waals surface area (Å²) in [5, 5.41) is 9.86. The average Bonchev–Trinajstić information content (AvgIpc) is 2.64. The number of carboxylic acid groups (broad SMARTS) is 1. The zero-order valence-corrected chi connectivity index (χ0v) is 14.1. The minimum absolute atomic E-state index is 0.0204. The minimum Gasteiger partial charge on any atom is -0.481 e. The van der Waals surface area contributed by atoms with Crippen LogP contribution in [0.15, 0.2) is 42.6 Å². The fourth-order valence-electron chi connectivity index (χ4n) is 3.36. The van der Waals surface area contributed by atoms with Gasteiger partial charge in [-0.3, -0.25) is 14.6 Å². The van der Waals surface area contributed by atoms with Crippen molar-refractivity contribution in [2.24, 2.45) is 5.92 Å². The van der Waals surface area contributed by atoms with Gasteiger partial charge in [-0.05, 0) is 37.3 Å². The van der Waals surface area contributed by atoms with Crippen LogP contribution < -0.4 is 0 Å². The van der Waals surface area contributed by atoms with Gasteiger partial charge in [0.05, 0.1) is 5.52 Å². The molecule has 1 fully saturated rings. The lowest BCUT2D eigenvalue weighted by molar-refractivity contribution is -0.137. The number of carbonyl (C=O) groups excluding carboxylic acids is 1. The topological polar surface area (TPSA) is 70.5 Å². The number of nitrogens with zero attached hydrogens (tertiary/aromatic N) is 2. The Balaban J connectivity index is 1.66. The summed E-state index contributed by atoms with van der Waals surface area (Å²) in [5.74, 6) is -0.513. The first-order chi connectivity index (χ1) is 12.1. The summed E-state index contributed by atoms with van der Waals surface area (Å²) in [6, 6.07) is 9.80. The average molecular weight is 338 g/mol.